The molecule has 0 spiro atoms. The minimum Gasteiger partial charge on any atom is -0.478 e. The molecule has 2 heterocycles. The van der Waals surface area contributed by atoms with Crippen molar-refractivity contribution in [1.82, 2.24) is 57.1 Å². The van der Waals surface area contributed by atoms with Crippen molar-refractivity contribution in [3.63, 3.8) is 0 Å². The van der Waals surface area contributed by atoms with Crippen LogP contribution in [0.5, 0.6) is 5.88 Å². The molecule has 0 unspecified atom stereocenters. The van der Waals surface area contributed by atoms with Gasteiger partial charge in [-0.25, -0.2) is 14.5 Å². The van der Waals surface area contributed by atoms with Gasteiger partial charge < -0.3 is 55.6 Å². The number of aromatic nitrogens is 5. The van der Waals surface area contributed by atoms with E-state index in [4.69, 9.17) is 28.7 Å². The van der Waals surface area contributed by atoms with Crippen LogP contribution in [-0.2, 0) is 95.4 Å². The number of carbonyl (C=O) groups is 6. The molecule has 95 heavy (non-hydrogen) atoms. The van der Waals surface area contributed by atoms with Gasteiger partial charge in [0, 0.05) is 56.3 Å². The van der Waals surface area contributed by atoms with Crippen LogP contribution in [0.15, 0.2) is 72.8 Å². The highest BCUT2D eigenvalue weighted by atomic mass is 32.2. The molecule has 4 rings (SSSR count). The molecule has 0 bridgehead atoms. The van der Waals surface area contributed by atoms with Crippen molar-refractivity contribution >= 4 is 76.1 Å². The Morgan fingerprint density at radius 3 is 1.47 bits per heavy atom. The third kappa shape index (κ3) is 33.7. The zero-order valence-corrected chi connectivity index (χ0v) is 56.5. The van der Waals surface area contributed by atoms with Gasteiger partial charge in [-0.15, -0.1) is 5.10 Å². The molecule has 0 radical (unpaired) electrons. The quantitative estimate of drug-likeness (QED) is 0.0219. The number of hydrogen-bond donors (Lipinski definition) is 10. The van der Waals surface area contributed by atoms with E-state index >= 15 is 0 Å². The Hall–Kier alpha value is -7.40. The highest BCUT2D eigenvalue weighted by Gasteiger charge is 2.37. The largest absolute Gasteiger partial charge is 0.478 e. The smallest absolute Gasteiger partial charge is 0.408 e. The first-order valence-electron chi connectivity index (χ1n) is 30.0. The Morgan fingerprint density at radius 2 is 0.979 bits per heavy atom. The molecule has 0 saturated carbocycles. The maximum Gasteiger partial charge on any atom is 0.408 e. The van der Waals surface area contributed by atoms with E-state index in [0.29, 0.717) is 57.9 Å². The minimum absolute atomic E-state index is 0.0120. The van der Waals surface area contributed by atoms with E-state index in [1.165, 1.54) is 20.8 Å². The summed E-state index contributed by atoms with van der Waals surface area (Å²) in [6.45, 7) is 10.6. The van der Waals surface area contributed by atoms with Gasteiger partial charge in [0.05, 0.1) is 38.7 Å². The number of tetrazole rings is 1. The van der Waals surface area contributed by atoms with E-state index in [2.05, 4.69) is 58.2 Å². The van der Waals surface area contributed by atoms with E-state index < -0.39 is 123 Å². The molecule has 4 aromatic rings. The Bertz CT molecular complexity index is 3540. The third-order valence-corrected chi connectivity index (χ3v) is 16.3. The number of aryl methyl sites for hydroxylation is 1. The van der Waals surface area contributed by atoms with Crippen LogP contribution in [0.4, 0.5) is 4.79 Å². The van der Waals surface area contributed by atoms with Crippen LogP contribution >= 0.6 is 0 Å². The van der Waals surface area contributed by atoms with Gasteiger partial charge in [0.25, 0.3) is 40.5 Å². The molecule has 38 heteroatoms. The number of unbranched alkanes of at least 4 members (excludes halogenated alkanes) is 2. The summed E-state index contributed by atoms with van der Waals surface area (Å²) in [5, 5.41) is 24.5. The van der Waals surface area contributed by atoms with E-state index in [-0.39, 0.29) is 57.3 Å². The Balaban J connectivity index is 1.09. The van der Waals surface area contributed by atoms with Crippen LogP contribution in [0, 0.1) is 0 Å². The van der Waals surface area contributed by atoms with Crippen molar-refractivity contribution in [2.45, 2.75) is 128 Å². The molecule has 530 valence electrons. The summed E-state index contributed by atoms with van der Waals surface area (Å²) in [6.07, 6.45) is 3.34. The van der Waals surface area contributed by atoms with E-state index in [1.54, 1.807) is 25.9 Å². The van der Waals surface area contributed by atoms with Crippen LogP contribution in [0.2, 0.25) is 0 Å². The Labute approximate surface area is 551 Å². The summed E-state index contributed by atoms with van der Waals surface area (Å²) in [6, 6.07) is 14.4. The number of benzene rings is 2. The van der Waals surface area contributed by atoms with Crippen LogP contribution in [0.3, 0.4) is 0 Å². The minimum atomic E-state index is -5.32. The molecule has 0 aliphatic carbocycles. The number of amides is 6. The second kappa shape index (κ2) is 38.4. The van der Waals surface area contributed by atoms with Crippen molar-refractivity contribution in [3.8, 4) is 28.3 Å². The molecule has 0 fully saturated rings. The first kappa shape index (κ1) is 80.0. The fourth-order valence-corrected chi connectivity index (χ4v) is 11.5. The van der Waals surface area contributed by atoms with Crippen molar-refractivity contribution in [2.75, 3.05) is 82.3 Å². The molecular weight excluding hydrogens is 1330 g/mol. The van der Waals surface area contributed by atoms with Crippen LogP contribution < -0.4 is 36.6 Å². The van der Waals surface area contributed by atoms with Crippen LogP contribution in [0.1, 0.15) is 91.8 Å². The van der Waals surface area contributed by atoms with Crippen molar-refractivity contribution in [2.24, 2.45) is 0 Å². The van der Waals surface area contributed by atoms with Gasteiger partial charge in [0.1, 0.15) is 52.8 Å². The monoisotopic (exact) mass is 1420 g/mol. The molecule has 0 aliphatic rings. The lowest BCUT2D eigenvalue weighted by Crippen LogP contribution is -2.61. The first-order valence-corrected chi connectivity index (χ1v) is 36.4. The third-order valence-electron chi connectivity index (χ3n) is 13.3. The number of hydrogen-bond acceptors (Lipinski definition) is 23. The van der Waals surface area contributed by atoms with Gasteiger partial charge in [-0.3, -0.25) is 42.2 Å². The molecule has 2 aromatic heterocycles. The second-order valence-corrected chi connectivity index (χ2v) is 29.2. The summed E-state index contributed by atoms with van der Waals surface area (Å²) >= 11 is 0. The first-order chi connectivity index (χ1) is 44.5. The lowest BCUT2D eigenvalue weighted by Gasteiger charge is -2.26. The lowest BCUT2D eigenvalue weighted by atomic mass is 9.86. The van der Waals surface area contributed by atoms with Gasteiger partial charge in [0.15, 0.2) is 5.82 Å². The summed E-state index contributed by atoms with van der Waals surface area (Å²) in [4.78, 5) is 82.6. The summed E-state index contributed by atoms with van der Waals surface area (Å²) < 4.78 is 162. The maximum atomic E-state index is 13.4. The average Bonchev–Trinajstić information content (AvgIpc) is 1.78. The topological polar surface area (TPSA) is 495 Å². The Kier molecular flexibility index (Phi) is 32.3. The number of nitrogens with one attached hydrogen (secondary N) is 6. The molecule has 34 nitrogen and oxygen atoms in total. The Morgan fingerprint density at radius 1 is 0.516 bits per heavy atom. The number of ether oxygens (including phenoxy) is 5. The number of carbonyl (C=O) groups excluding carboxylic acids is 6. The molecule has 10 N–H and O–H groups in total. The second-order valence-electron chi connectivity index (χ2n) is 23.2. The predicted octanol–water partition coefficient (Wildman–Crippen LogP) is 1.06. The number of nitrogens with zero attached hydrogens (tertiary/aromatic N) is 5. The fraction of sp³-hybridized carbons (Fsp3) is 0.579. The summed E-state index contributed by atoms with van der Waals surface area (Å²) in [5.74, 6) is -12.1. The van der Waals surface area contributed by atoms with E-state index in [1.807, 2.05) is 54.6 Å². The number of pyridine rings is 1. The van der Waals surface area contributed by atoms with Gasteiger partial charge in [-0.2, -0.15) is 33.7 Å². The molecule has 0 aliphatic heterocycles. The highest BCUT2D eigenvalue weighted by molar-refractivity contribution is 7.86. The average molecular weight is 1420 g/mol. The maximum absolute atomic E-state index is 13.4. The summed E-state index contributed by atoms with van der Waals surface area (Å²) in [5.41, 5.74) is 2.39. The zero-order valence-electron chi connectivity index (χ0n) is 53.2. The highest BCUT2D eigenvalue weighted by Crippen LogP contribution is 2.30. The fourth-order valence-electron chi connectivity index (χ4n) is 8.86. The predicted molar refractivity (Wildman–Crippen MR) is 341 cm³/mol. The summed E-state index contributed by atoms with van der Waals surface area (Å²) in [7, 11) is -20.9. The van der Waals surface area contributed by atoms with Gasteiger partial charge >= 0.3 is 6.09 Å². The van der Waals surface area contributed by atoms with E-state index in [0.717, 1.165) is 47.5 Å². The molecule has 2 aromatic carbocycles. The molecule has 6 amide bonds. The van der Waals surface area contributed by atoms with Crippen molar-refractivity contribution in [1.29, 1.82) is 0 Å². The normalized spacial score (nSPS) is 13.5. The standard InChI is InChI=1S/C57H85N11O23S4/c1-56(2,3)91-55(74)64-47(39-95(84,85)86)53(73)63-46(38-94(81,82)83)52(72)62-45(37-93(78,79)80)51(71)61-44(36-92(75,76)77)50(70)59-25-17-28-88-31-33-89-32-30-87-27-16-24-58-48(69)22-12-14-26-68-54(65-66-67-68)57(4,5)23-13-15-29-90-49-35-42(40-18-8-6-9-19-40)34-43(60-49)41-20-10-7-11-21-41/h6-11,18-21,34-35,44-47H,12-17,22-33,36-39H2,1-5H3,(H,58,69)(H,59,70)(H,61,71)(H,62,72)(H,63,73)(H,64,74)(H,75,76,77)(H,78,79,80)(H,81,82,83)(H,84,85,86)/t44-,45-,46-,47-/m0/s1. The number of rotatable bonds is 44. The van der Waals surface area contributed by atoms with Gasteiger partial charge in [-0.05, 0) is 93.3 Å². The molecule has 0 saturated heterocycles. The molecule has 4 atom stereocenters. The van der Waals surface area contributed by atoms with Crippen molar-refractivity contribution < 1.29 is 104 Å². The molecular formula is C57H85N11O23S4. The van der Waals surface area contributed by atoms with Crippen LogP contribution in [0.25, 0.3) is 22.4 Å². The van der Waals surface area contributed by atoms with Gasteiger partial charge in [-0.1, -0.05) is 74.5 Å². The van der Waals surface area contributed by atoms with E-state index in [9.17, 15) is 80.6 Å². The zero-order chi connectivity index (χ0) is 70.5. The van der Waals surface area contributed by atoms with Gasteiger partial charge in [0.2, 0.25) is 35.4 Å². The SMILES string of the molecule is CC(C)(C)OC(=O)N[C@@H](CS(=O)(=O)O)C(=O)N[C@@H](CS(=O)(=O)O)C(=O)N[C@@H](CS(=O)(=O)O)C(=O)N[C@@H](CS(=O)(=O)O)C(=O)NCCCOCCOCCOCCCNC(=O)CCCCn1nnnc1C(C)(C)CCCCOc1cc(-c2ccccc2)cc(-c2ccccc2)n1. The van der Waals surface area contributed by atoms with Crippen molar-refractivity contribution in [3.05, 3.63) is 78.6 Å². The number of alkyl carbamates (subject to hydrolysis) is 1. The lowest BCUT2D eigenvalue weighted by molar-refractivity contribution is -0.133. The van der Waals surface area contributed by atoms with Crippen LogP contribution in [-0.4, -0.2) is 225 Å².